The van der Waals surface area contributed by atoms with Gasteiger partial charge in [-0.25, -0.2) is 4.79 Å². The number of rotatable bonds is 16. The third-order valence-electron chi connectivity index (χ3n) is 4.84. The summed E-state index contributed by atoms with van der Waals surface area (Å²) in [6.45, 7) is 5.22. The second-order valence-corrected chi connectivity index (χ2v) is 9.01. The minimum Gasteiger partial charge on any atom is -0.480 e. The molecule has 0 bridgehead atoms. The van der Waals surface area contributed by atoms with Crippen LogP contribution in [0.5, 0.6) is 0 Å². The van der Waals surface area contributed by atoms with Crippen LogP contribution in [0.4, 0.5) is 0 Å². The van der Waals surface area contributed by atoms with E-state index in [9.17, 15) is 29.4 Å². The number of carbonyl (C=O) groups excluding carboxylic acids is 3. The molecule has 0 saturated heterocycles. The van der Waals surface area contributed by atoms with E-state index in [4.69, 9.17) is 11.5 Å². The summed E-state index contributed by atoms with van der Waals surface area (Å²) in [4.78, 5) is 49.2. The van der Waals surface area contributed by atoms with Gasteiger partial charge in [-0.3, -0.25) is 14.4 Å². The van der Waals surface area contributed by atoms with Crippen LogP contribution in [-0.2, 0) is 19.2 Å². The van der Waals surface area contributed by atoms with Crippen LogP contribution in [0.2, 0.25) is 0 Å². The summed E-state index contributed by atoms with van der Waals surface area (Å²) in [5, 5.41) is 26.7. The Labute approximate surface area is 193 Å². The molecule has 0 heterocycles. The van der Waals surface area contributed by atoms with E-state index in [1.807, 2.05) is 6.26 Å². The number of amides is 3. The molecular weight excluding hydrogens is 438 g/mol. The second-order valence-electron chi connectivity index (χ2n) is 8.03. The zero-order valence-corrected chi connectivity index (χ0v) is 20.1. The predicted molar refractivity (Wildman–Crippen MR) is 124 cm³/mol. The maximum atomic E-state index is 12.8. The van der Waals surface area contributed by atoms with Crippen molar-refractivity contribution >= 4 is 35.5 Å². The van der Waals surface area contributed by atoms with Crippen molar-refractivity contribution in [1.82, 2.24) is 16.0 Å². The van der Waals surface area contributed by atoms with Gasteiger partial charge in [-0.2, -0.15) is 11.8 Å². The smallest absolute Gasteiger partial charge is 0.326 e. The molecule has 12 heteroatoms. The Hall–Kier alpha value is -1.89. The summed E-state index contributed by atoms with van der Waals surface area (Å²) in [7, 11) is 0. The van der Waals surface area contributed by atoms with Crippen molar-refractivity contribution in [3.63, 3.8) is 0 Å². The fourth-order valence-corrected chi connectivity index (χ4v) is 3.31. The number of unbranched alkanes of at least 4 members (excludes halogenated alkanes) is 1. The van der Waals surface area contributed by atoms with Crippen LogP contribution in [0, 0.1) is 5.92 Å². The summed E-state index contributed by atoms with van der Waals surface area (Å²) >= 11 is 1.43. The highest BCUT2D eigenvalue weighted by Gasteiger charge is 2.33. The molecule has 0 fully saturated rings. The molecule has 32 heavy (non-hydrogen) atoms. The van der Waals surface area contributed by atoms with Gasteiger partial charge in [0, 0.05) is 0 Å². The Bertz CT molecular complexity index is 619. The molecule has 0 aromatic carbocycles. The molecule has 5 atom stereocenters. The van der Waals surface area contributed by atoms with Gasteiger partial charge in [0.2, 0.25) is 17.7 Å². The SMILES string of the molecule is CSCCC(NC(=O)C(NC(=O)C(NC(=O)C(N)CCCCN)C(C)C)C(C)O)C(=O)O. The van der Waals surface area contributed by atoms with Crippen LogP contribution in [-0.4, -0.2) is 82.7 Å². The normalized spacial score (nSPS) is 15.9. The quantitative estimate of drug-likeness (QED) is 0.133. The molecule has 0 aliphatic carbocycles. The molecule has 0 radical (unpaired) electrons. The number of hydrogen-bond donors (Lipinski definition) is 7. The van der Waals surface area contributed by atoms with E-state index in [1.165, 1.54) is 18.7 Å². The summed E-state index contributed by atoms with van der Waals surface area (Å²) in [5.41, 5.74) is 11.3. The van der Waals surface area contributed by atoms with Crippen molar-refractivity contribution in [2.24, 2.45) is 17.4 Å². The molecule has 0 aliphatic rings. The molecule has 3 amide bonds. The minimum atomic E-state index is -1.39. The van der Waals surface area contributed by atoms with E-state index in [1.54, 1.807) is 13.8 Å². The van der Waals surface area contributed by atoms with E-state index in [0.717, 1.165) is 6.42 Å². The molecule has 0 saturated carbocycles. The number of carboxylic acid groups (broad SMARTS) is 1. The summed E-state index contributed by atoms with van der Waals surface area (Å²) in [5.74, 6) is -3.04. The Balaban J connectivity index is 5.21. The van der Waals surface area contributed by atoms with Gasteiger partial charge in [0.15, 0.2) is 0 Å². The Morgan fingerprint density at radius 3 is 1.94 bits per heavy atom. The largest absolute Gasteiger partial charge is 0.480 e. The number of nitrogens with one attached hydrogen (secondary N) is 3. The van der Waals surface area contributed by atoms with Crippen molar-refractivity contribution < 1.29 is 29.4 Å². The zero-order chi connectivity index (χ0) is 24.8. The maximum Gasteiger partial charge on any atom is 0.326 e. The van der Waals surface area contributed by atoms with Crippen LogP contribution in [0.25, 0.3) is 0 Å². The molecule has 9 N–H and O–H groups in total. The van der Waals surface area contributed by atoms with Gasteiger partial charge in [-0.05, 0) is 50.7 Å². The number of aliphatic hydroxyl groups is 1. The predicted octanol–water partition coefficient (Wildman–Crippen LogP) is -1.23. The highest BCUT2D eigenvalue weighted by molar-refractivity contribution is 7.98. The molecule has 0 aromatic heterocycles. The third-order valence-corrected chi connectivity index (χ3v) is 5.48. The number of hydrogen-bond acceptors (Lipinski definition) is 8. The van der Waals surface area contributed by atoms with E-state index in [-0.39, 0.29) is 12.3 Å². The highest BCUT2D eigenvalue weighted by atomic mass is 32.2. The minimum absolute atomic E-state index is 0.190. The highest BCUT2D eigenvalue weighted by Crippen LogP contribution is 2.07. The third kappa shape index (κ3) is 11.1. The fourth-order valence-electron chi connectivity index (χ4n) is 2.84. The van der Waals surface area contributed by atoms with Crippen molar-refractivity contribution in [1.29, 1.82) is 0 Å². The van der Waals surface area contributed by atoms with Crippen molar-refractivity contribution in [2.75, 3.05) is 18.6 Å². The van der Waals surface area contributed by atoms with Gasteiger partial charge < -0.3 is 37.6 Å². The van der Waals surface area contributed by atoms with E-state index >= 15 is 0 Å². The molecule has 0 spiro atoms. The van der Waals surface area contributed by atoms with E-state index < -0.39 is 54.0 Å². The summed E-state index contributed by atoms with van der Waals surface area (Å²) in [6.07, 6.45) is 2.53. The first-order valence-corrected chi connectivity index (χ1v) is 12.1. The van der Waals surface area contributed by atoms with Gasteiger partial charge in [-0.1, -0.05) is 20.3 Å². The first kappa shape index (κ1) is 30.1. The number of nitrogens with two attached hydrogens (primary N) is 2. The van der Waals surface area contributed by atoms with Crippen molar-refractivity contribution in [3.8, 4) is 0 Å². The van der Waals surface area contributed by atoms with E-state index in [2.05, 4.69) is 16.0 Å². The molecule has 0 rings (SSSR count). The first-order valence-electron chi connectivity index (χ1n) is 10.7. The van der Waals surface area contributed by atoms with Crippen molar-refractivity contribution in [2.45, 2.75) is 76.7 Å². The van der Waals surface area contributed by atoms with Gasteiger partial charge in [0.1, 0.15) is 18.1 Å². The lowest BCUT2D eigenvalue weighted by atomic mass is 10.0. The van der Waals surface area contributed by atoms with Gasteiger partial charge >= 0.3 is 5.97 Å². The molecule has 0 aliphatic heterocycles. The Morgan fingerprint density at radius 2 is 1.47 bits per heavy atom. The average molecular weight is 478 g/mol. The topological polar surface area (TPSA) is 197 Å². The van der Waals surface area contributed by atoms with Crippen LogP contribution in [0.15, 0.2) is 0 Å². The Kier molecular flexibility index (Phi) is 14.9. The number of carboxylic acids is 1. The number of thioether (sulfide) groups is 1. The number of aliphatic carboxylic acids is 1. The molecule has 0 aromatic rings. The standard InChI is InChI=1S/C20H39N5O6S/c1-11(2)15(24-17(27)13(22)7-5-6-9-21)18(28)25-16(12(3)26)19(29)23-14(20(30)31)8-10-32-4/h11-16,26H,5-10,21-22H2,1-4H3,(H,23,29)(H,24,27)(H,25,28)(H,30,31). The van der Waals surface area contributed by atoms with Gasteiger partial charge in [0.05, 0.1) is 12.1 Å². The van der Waals surface area contributed by atoms with Crippen LogP contribution < -0.4 is 27.4 Å². The van der Waals surface area contributed by atoms with Gasteiger partial charge in [-0.15, -0.1) is 0 Å². The van der Waals surface area contributed by atoms with Crippen LogP contribution in [0.1, 0.15) is 46.5 Å². The average Bonchev–Trinajstić information content (AvgIpc) is 2.71. The second kappa shape index (κ2) is 15.8. The lowest BCUT2D eigenvalue weighted by Crippen LogP contribution is -2.60. The Morgan fingerprint density at radius 1 is 0.906 bits per heavy atom. The van der Waals surface area contributed by atoms with Crippen molar-refractivity contribution in [3.05, 3.63) is 0 Å². The van der Waals surface area contributed by atoms with Gasteiger partial charge in [0.25, 0.3) is 0 Å². The molecule has 186 valence electrons. The first-order chi connectivity index (χ1) is 15.0. The summed E-state index contributed by atoms with van der Waals surface area (Å²) < 4.78 is 0. The van der Waals surface area contributed by atoms with Crippen LogP contribution in [0.3, 0.4) is 0 Å². The lowest BCUT2D eigenvalue weighted by Gasteiger charge is -2.28. The number of carbonyl (C=O) groups is 4. The maximum absolute atomic E-state index is 12.8. The fraction of sp³-hybridized carbons (Fsp3) is 0.800. The molecule has 11 nitrogen and oxygen atoms in total. The molecular formula is C20H39N5O6S. The number of aliphatic hydroxyl groups excluding tert-OH is 1. The van der Waals surface area contributed by atoms with E-state index in [0.29, 0.717) is 25.1 Å². The lowest BCUT2D eigenvalue weighted by molar-refractivity contribution is -0.143. The summed E-state index contributed by atoms with van der Waals surface area (Å²) in [6, 6.07) is -4.35. The molecule has 5 unspecified atom stereocenters. The van der Waals surface area contributed by atoms with Crippen LogP contribution >= 0.6 is 11.8 Å². The monoisotopic (exact) mass is 477 g/mol. The zero-order valence-electron chi connectivity index (χ0n) is 19.3.